The molecule has 1 aromatic heterocycles. The van der Waals surface area contributed by atoms with Crippen LogP contribution in [0.15, 0.2) is 24.3 Å². The van der Waals surface area contributed by atoms with Gasteiger partial charge in [-0.15, -0.1) is 0 Å². The van der Waals surface area contributed by atoms with E-state index in [1.54, 1.807) is 19.1 Å². The molecule has 1 aromatic carbocycles. The summed E-state index contributed by atoms with van der Waals surface area (Å²) in [5.74, 6) is -0.00259. The van der Waals surface area contributed by atoms with E-state index in [-0.39, 0.29) is 0 Å². The van der Waals surface area contributed by atoms with Crippen LogP contribution < -0.4 is 0 Å². The van der Waals surface area contributed by atoms with E-state index in [1.807, 2.05) is 19.1 Å². The Hall–Kier alpha value is -1.88. The van der Waals surface area contributed by atoms with Crippen molar-refractivity contribution in [2.24, 2.45) is 0 Å². The number of aryl methyl sites for hydroxylation is 1. The number of ether oxygens (including phenoxy) is 1. The molecule has 0 saturated heterocycles. The molecular formula is C14H16ClN3O2. The van der Waals surface area contributed by atoms with Crippen LogP contribution in [0.3, 0.4) is 0 Å². The number of nitrogens with one attached hydrogen (secondary N) is 1. The van der Waals surface area contributed by atoms with Crippen molar-refractivity contribution in [1.29, 1.82) is 0 Å². The van der Waals surface area contributed by atoms with Gasteiger partial charge in [-0.2, -0.15) is 5.10 Å². The second-order valence-electron chi connectivity index (χ2n) is 4.20. The lowest BCUT2D eigenvalue weighted by atomic mass is 9.98. The van der Waals surface area contributed by atoms with Gasteiger partial charge in [0.15, 0.2) is 5.82 Å². The molecule has 0 aliphatic carbocycles. The Bertz CT molecular complexity index is 598. The number of hydrogen-bond donors (Lipinski definition) is 1. The highest BCUT2D eigenvalue weighted by Crippen LogP contribution is 2.29. The molecule has 1 heterocycles. The zero-order valence-electron chi connectivity index (χ0n) is 11.4. The number of hydrogen-bond acceptors (Lipinski definition) is 4. The quantitative estimate of drug-likeness (QED) is 0.861. The molecule has 6 heteroatoms. The monoisotopic (exact) mass is 293 g/mol. The van der Waals surface area contributed by atoms with E-state index in [1.165, 1.54) is 0 Å². The second-order valence-corrected chi connectivity index (χ2v) is 4.61. The van der Waals surface area contributed by atoms with Crippen LogP contribution in [-0.4, -0.2) is 27.8 Å². The third-order valence-electron chi connectivity index (χ3n) is 2.88. The zero-order chi connectivity index (χ0) is 14.5. The number of halogens is 1. The molecular weight excluding hydrogens is 278 g/mol. The topological polar surface area (TPSA) is 67.9 Å². The molecule has 2 rings (SSSR count). The molecule has 1 N–H and O–H groups in total. The van der Waals surface area contributed by atoms with Crippen LogP contribution in [0.4, 0.5) is 0 Å². The molecule has 2 aromatic rings. The van der Waals surface area contributed by atoms with Crippen LogP contribution >= 0.6 is 11.6 Å². The van der Waals surface area contributed by atoms with Crippen molar-refractivity contribution in [1.82, 2.24) is 15.2 Å². The van der Waals surface area contributed by atoms with Crippen LogP contribution in [0, 0.1) is 0 Å². The summed E-state index contributed by atoms with van der Waals surface area (Å²) in [7, 11) is 0. The predicted molar refractivity (Wildman–Crippen MR) is 75.7 cm³/mol. The Balaban J connectivity index is 2.44. The number of benzene rings is 1. The Morgan fingerprint density at radius 1 is 1.40 bits per heavy atom. The lowest BCUT2D eigenvalue weighted by Crippen LogP contribution is -2.19. The van der Waals surface area contributed by atoms with Gasteiger partial charge in [0.2, 0.25) is 0 Å². The van der Waals surface area contributed by atoms with Crippen LogP contribution in [0.2, 0.25) is 5.02 Å². The van der Waals surface area contributed by atoms with Gasteiger partial charge in [-0.3, -0.25) is 9.89 Å². The van der Waals surface area contributed by atoms with E-state index in [0.717, 1.165) is 5.82 Å². The molecule has 0 bridgehead atoms. The van der Waals surface area contributed by atoms with Gasteiger partial charge >= 0.3 is 5.97 Å². The van der Waals surface area contributed by atoms with Gasteiger partial charge < -0.3 is 4.74 Å². The smallest absolute Gasteiger partial charge is 0.321 e. The molecule has 0 aliphatic rings. The van der Waals surface area contributed by atoms with E-state index >= 15 is 0 Å². The summed E-state index contributed by atoms with van der Waals surface area (Å²) in [6.45, 7) is 4.01. The molecule has 1 atom stereocenters. The highest BCUT2D eigenvalue weighted by atomic mass is 35.5. The molecule has 1 unspecified atom stereocenters. The van der Waals surface area contributed by atoms with Crippen molar-refractivity contribution in [3.05, 3.63) is 46.5 Å². The molecule has 0 aliphatic heterocycles. The molecule has 20 heavy (non-hydrogen) atoms. The van der Waals surface area contributed by atoms with Crippen molar-refractivity contribution in [2.45, 2.75) is 26.2 Å². The van der Waals surface area contributed by atoms with Crippen LogP contribution in [0.1, 0.15) is 37.0 Å². The standard InChI is InChI=1S/C14H16ClN3O2/c1-3-11-16-13(18-17-11)12(14(19)20-4-2)9-7-5-6-8-10(9)15/h5-8,12H,3-4H2,1-2H3,(H,16,17,18). The number of rotatable bonds is 5. The molecule has 0 fully saturated rings. The van der Waals surface area contributed by atoms with Gasteiger partial charge in [0, 0.05) is 11.4 Å². The number of aromatic amines is 1. The van der Waals surface area contributed by atoms with Gasteiger partial charge in [-0.25, -0.2) is 4.98 Å². The summed E-state index contributed by atoms with van der Waals surface area (Å²) in [5.41, 5.74) is 0.647. The fraction of sp³-hybridized carbons (Fsp3) is 0.357. The minimum Gasteiger partial charge on any atom is -0.465 e. The number of H-pyrrole nitrogens is 1. The lowest BCUT2D eigenvalue weighted by Gasteiger charge is -2.14. The number of carbonyl (C=O) groups excluding carboxylic acids is 1. The van der Waals surface area contributed by atoms with Crippen LogP contribution in [-0.2, 0) is 16.0 Å². The minimum atomic E-state index is -0.708. The fourth-order valence-electron chi connectivity index (χ4n) is 1.90. The highest BCUT2D eigenvalue weighted by molar-refractivity contribution is 6.31. The Morgan fingerprint density at radius 2 is 2.15 bits per heavy atom. The van der Waals surface area contributed by atoms with E-state index in [4.69, 9.17) is 16.3 Å². The third kappa shape index (κ3) is 2.99. The fourth-order valence-corrected chi connectivity index (χ4v) is 2.15. The average Bonchev–Trinajstić information content (AvgIpc) is 2.90. The van der Waals surface area contributed by atoms with Crippen molar-refractivity contribution < 1.29 is 9.53 Å². The number of nitrogens with zero attached hydrogens (tertiary/aromatic N) is 2. The lowest BCUT2D eigenvalue weighted by molar-refractivity contribution is -0.144. The van der Waals surface area contributed by atoms with E-state index < -0.39 is 11.9 Å². The van der Waals surface area contributed by atoms with E-state index in [9.17, 15) is 4.79 Å². The van der Waals surface area contributed by atoms with Crippen molar-refractivity contribution in [3.8, 4) is 0 Å². The summed E-state index contributed by atoms with van der Waals surface area (Å²) in [6.07, 6.45) is 0.713. The van der Waals surface area contributed by atoms with Crippen LogP contribution in [0.25, 0.3) is 0 Å². The number of aromatic nitrogens is 3. The SMILES string of the molecule is CCOC(=O)C(c1n[nH]c(CC)n1)c1ccccc1Cl. The highest BCUT2D eigenvalue weighted by Gasteiger charge is 2.29. The van der Waals surface area contributed by atoms with Gasteiger partial charge in [-0.1, -0.05) is 36.7 Å². The van der Waals surface area contributed by atoms with Gasteiger partial charge in [0.05, 0.1) is 6.61 Å². The first kappa shape index (κ1) is 14.5. The average molecular weight is 294 g/mol. The van der Waals surface area contributed by atoms with Crippen molar-refractivity contribution >= 4 is 17.6 Å². The largest absolute Gasteiger partial charge is 0.465 e. The maximum atomic E-state index is 12.2. The van der Waals surface area contributed by atoms with Crippen molar-refractivity contribution in [2.75, 3.05) is 6.61 Å². The predicted octanol–water partition coefficient (Wildman–Crippen LogP) is 2.72. The molecule has 0 spiro atoms. The molecule has 0 radical (unpaired) electrons. The number of esters is 1. The third-order valence-corrected chi connectivity index (χ3v) is 3.22. The molecule has 5 nitrogen and oxygen atoms in total. The van der Waals surface area contributed by atoms with E-state index in [0.29, 0.717) is 29.4 Å². The van der Waals surface area contributed by atoms with Gasteiger partial charge in [0.1, 0.15) is 11.7 Å². The zero-order valence-corrected chi connectivity index (χ0v) is 12.1. The number of carbonyl (C=O) groups is 1. The molecule has 0 saturated carbocycles. The summed E-state index contributed by atoms with van der Waals surface area (Å²) in [5, 5.41) is 7.42. The normalized spacial score (nSPS) is 12.2. The Labute approximate surface area is 122 Å². The van der Waals surface area contributed by atoms with Crippen molar-refractivity contribution in [3.63, 3.8) is 0 Å². The summed E-state index contributed by atoms with van der Waals surface area (Å²) >= 11 is 6.18. The van der Waals surface area contributed by atoms with Gasteiger partial charge in [0.25, 0.3) is 0 Å². The first-order chi connectivity index (χ1) is 9.67. The Kier molecular flexibility index (Phi) is 4.74. The van der Waals surface area contributed by atoms with Gasteiger partial charge in [-0.05, 0) is 18.6 Å². The molecule has 106 valence electrons. The minimum absolute atomic E-state index is 0.296. The summed E-state index contributed by atoms with van der Waals surface area (Å²) in [6, 6.07) is 7.15. The molecule has 0 amide bonds. The maximum absolute atomic E-state index is 12.2. The van der Waals surface area contributed by atoms with E-state index in [2.05, 4.69) is 15.2 Å². The first-order valence-electron chi connectivity index (χ1n) is 6.49. The van der Waals surface area contributed by atoms with Crippen LogP contribution in [0.5, 0.6) is 0 Å². The maximum Gasteiger partial charge on any atom is 0.321 e. The second kappa shape index (κ2) is 6.52. The summed E-state index contributed by atoms with van der Waals surface area (Å²) < 4.78 is 5.12. The summed E-state index contributed by atoms with van der Waals surface area (Å²) in [4.78, 5) is 16.5. The first-order valence-corrected chi connectivity index (χ1v) is 6.87. The Morgan fingerprint density at radius 3 is 2.75 bits per heavy atom.